The molecule has 1 aliphatic rings. The number of amides is 1. The molecule has 0 spiro atoms. The smallest absolute Gasteiger partial charge is 0.352 e. The number of ether oxygens (including phenoxy) is 3. The summed E-state index contributed by atoms with van der Waals surface area (Å²) in [5.74, 6) is 0.159. The van der Waals surface area contributed by atoms with Crippen LogP contribution < -0.4 is 24.8 Å². The molecule has 1 aromatic heterocycles. The van der Waals surface area contributed by atoms with Gasteiger partial charge in [0.1, 0.15) is 40.4 Å². The van der Waals surface area contributed by atoms with Crippen LogP contribution in [0.15, 0.2) is 60.4 Å². The molecule has 0 fully saturated rings. The molecule has 0 radical (unpaired) electrons. The minimum Gasteiger partial charge on any atom is -0.497 e. The van der Waals surface area contributed by atoms with Crippen LogP contribution in [-0.2, 0) is 4.79 Å². The van der Waals surface area contributed by atoms with E-state index in [-0.39, 0.29) is 17.1 Å². The van der Waals surface area contributed by atoms with Crippen LogP contribution in [-0.4, -0.2) is 48.1 Å². The predicted molar refractivity (Wildman–Crippen MR) is 120 cm³/mol. The minimum absolute atomic E-state index is 0.0933. The molecule has 10 nitrogen and oxygen atoms in total. The molecule has 2 heterocycles. The first kappa shape index (κ1) is 21.8. The van der Waals surface area contributed by atoms with Gasteiger partial charge in [-0.05, 0) is 36.4 Å². The Bertz CT molecular complexity index is 1250. The normalized spacial score (nSPS) is 14.4. The van der Waals surface area contributed by atoms with Gasteiger partial charge in [0, 0.05) is 5.56 Å². The van der Waals surface area contributed by atoms with Crippen molar-refractivity contribution >= 4 is 23.4 Å². The first-order valence-corrected chi connectivity index (χ1v) is 9.92. The SMILES string of the molecule is COc1ccc(OC)c([C@@H]2C=C(C(=O)O)Nc3c(C(=O)Nc4ccccc4OC)cnn32)c1. The van der Waals surface area contributed by atoms with Gasteiger partial charge in [-0.3, -0.25) is 4.79 Å². The largest absolute Gasteiger partial charge is 0.497 e. The van der Waals surface area contributed by atoms with Gasteiger partial charge in [-0.2, -0.15) is 5.10 Å². The topological polar surface area (TPSA) is 124 Å². The zero-order valence-corrected chi connectivity index (χ0v) is 18.2. The van der Waals surface area contributed by atoms with Crippen molar-refractivity contribution in [2.24, 2.45) is 0 Å². The van der Waals surface area contributed by atoms with E-state index in [1.54, 1.807) is 42.5 Å². The standard InChI is InChI=1S/C23H22N4O6/c1-31-13-8-9-19(32-2)14(10-13)18-11-17(23(29)30)25-21-15(12-24-27(18)21)22(28)26-16-6-4-5-7-20(16)33-3/h4-12,18,25H,1-3H3,(H,26,28)(H,29,30)/t18-/m0/s1. The summed E-state index contributed by atoms with van der Waals surface area (Å²) in [6, 6.07) is 11.5. The van der Waals surface area contributed by atoms with E-state index in [0.717, 1.165) is 0 Å². The summed E-state index contributed by atoms with van der Waals surface area (Å²) in [6.45, 7) is 0. The van der Waals surface area contributed by atoms with Crippen molar-refractivity contribution in [1.82, 2.24) is 9.78 Å². The summed E-state index contributed by atoms with van der Waals surface area (Å²) in [5, 5.41) is 19.7. The van der Waals surface area contributed by atoms with Gasteiger partial charge in [0.15, 0.2) is 0 Å². The fourth-order valence-corrected chi connectivity index (χ4v) is 3.62. The molecule has 33 heavy (non-hydrogen) atoms. The highest BCUT2D eigenvalue weighted by Gasteiger charge is 2.31. The number of nitrogens with one attached hydrogen (secondary N) is 2. The highest BCUT2D eigenvalue weighted by molar-refractivity contribution is 6.09. The molecule has 0 bridgehead atoms. The molecule has 3 N–H and O–H groups in total. The Morgan fingerprint density at radius 3 is 2.52 bits per heavy atom. The number of anilines is 2. The number of fused-ring (bicyclic) bond motifs is 1. The van der Waals surface area contributed by atoms with Crippen LogP contribution in [0, 0.1) is 0 Å². The van der Waals surface area contributed by atoms with Crippen molar-refractivity contribution in [3.05, 3.63) is 71.6 Å². The van der Waals surface area contributed by atoms with E-state index in [0.29, 0.717) is 28.5 Å². The Labute approximate surface area is 189 Å². The van der Waals surface area contributed by atoms with E-state index >= 15 is 0 Å². The molecule has 3 aromatic rings. The maximum absolute atomic E-state index is 13.1. The molecular weight excluding hydrogens is 428 g/mol. The van der Waals surface area contributed by atoms with E-state index in [4.69, 9.17) is 14.2 Å². The lowest BCUT2D eigenvalue weighted by atomic mass is 10.0. The lowest BCUT2D eigenvalue weighted by molar-refractivity contribution is -0.132. The Balaban J connectivity index is 1.78. The van der Waals surface area contributed by atoms with Crippen LogP contribution in [0.1, 0.15) is 22.0 Å². The molecule has 4 rings (SSSR count). The number of nitrogens with zero attached hydrogens (tertiary/aromatic N) is 2. The third-order valence-electron chi connectivity index (χ3n) is 5.22. The lowest BCUT2D eigenvalue weighted by Crippen LogP contribution is -2.26. The maximum Gasteiger partial charge on any atom is 0.352 e. The highest BCUT2D eigenvalue weighted by Crippen LogP contribution is 2.38. The zero-order chi connectivity index (χ0) is 23.5. The Hall–Kier alpha value is -4.47. The Kier molecular flexibility index (Phi) is 5.90. The number of para-hydroxylation sites is 2. The van der Waals surface area contributed by atoms with E-state index in [2.05, 4.69) is 15.7 Å². The third-order valence-corrected chi connectivity index (χ3v) is 5.22. The molecule has 2 aromatic carbocycles. The number of carbonyl (C=O) groups excluding carboxylic acids is 1. The molecule has 0 aliphatic carbocycles. The Morgan fingerprint density at radius 2 is 1.82 bits per heavy atom. The number of rotatable bonds is 7. The van der Waals surface area contributed by atoms with E-state index in [1.165, 1.54) is 38.3 Å². The van der Waals surface area contributed by atoms with Gasteiger partial charge in [-0.1, -0.05) is 12.1 Å². The van der Waals surface area contributed by atoms with Crippen LogP contribution in [0.3, 0.4) is 0 Å². The molecule has 0 saturated carbocycles. The monoisotopic (exact) mass is 450 g/mol. The van der Waals surface area contributed by atoms with Gasteiger partial charge in [-0.25, -0.2) is 9.48 Å². The number of benzene rings is 2. The van der Waals surface area contributed by atoms with Gasteiger partial charge in [-0.15, -0.1) is 0 Å². The first-order valence-electron chi connectivity index (χ1n) is 9.92. The number of carboxylic acid groups (broad SMARTS) is 1. The van der Waals surface area contributed by atoms with Gasteiger partial charge >= 0.3 is 5.97 Å². The fraction of sp³-hybridized carbons (Fsp3) is 0.174. The summed E-state index contributed by atoms with van der Waals surface area (Å²) in [5.41, 5.74) is 1.17. The van der Waals surface area contributed by atoms with Crippen LogP contribution in [0.4, 0.5) is 11.5 Å². The first-order chi connectivity index (χ1) is 16.0. The number of methoxy groups -OCH3 is 3. The number of aliphatic carboxylic acids is 1. The van der Waals surface area contributed by atoms with Crippen LogP contribution >= 0.6 is 0 Å². The summed E-state index contributed by atoms with van der Waals surface area (Å²) in [7, 11) is 4.56. The lowest BCUT2D eigenvalue weighted by Gasteiger charge is -2.26. The fourth-order valence-electron chi connectivity index (χ4n) is 3.62. The molecule has 1 amide bonds. The van der Waals surface area contributed by atoms with Crippen molar-refractivity contribution in [3.8, 4) is 17.2 Å². The molecule has 170 valence electrons. The van der Waals surface area contributed by atoms with Crippen molar-refractivity contribution in [2.75, 3.05) is 32.0 Å². The van der Waals surface area contributed by atoms with Crippen molar-refractivity contribution < 1.29 is 28.9 Å². The number of carbonyl (C=O) groups is 2. The number of hydrogen-bond acceptors (Lipinski definition) is 7. The molecule has 0 saturated heterocycles. The molecular formula is C23H22N4O6. The third kappa shape index (κ3) is 4.05. The molecule has 0 unspecified atom stereocenters. The predicted octanol–water partition coefficient (Wildman–Crippen LogP) is 3.14. The maximum atomic E-state index is 13.1. The van der Waals surface area contributed by atoms with Crippen LogP contribution in [0.5, 0.6) is 17.2 Å². The quantitative estimate of drug-likeness (QED) is 0.502. The molecule has 1 atom stereocenters. The van der Waals surface area contributed by atoms with Crippen molar-refractivity contribution in [1.29, 1.82) is 0 Å². The van der Waals surface area contributed by atoms with Crippen LogP contribution in [0.25, 0.3) is 0 Å². The number of aromatic nitrogens is 2. The minimum atomic E-state index is -1.18. The number of carboxylic acids is 1. The van der Waals surface area contributed by atoms with Gasteiger partial charge in [0.25, 0.3) is 5.91 Å². The number of allylic oxidation sites excluding steroid dienone is 1. The van der Waals surface area contributed by atoms with E-state index in [1.807, 2.05) is 0 Å². The second kappa shape index (κ2) is 8.95. The van der Waals surface area contributed by atoms with Gasteiger partial charge < -0.3 is 30.0 Å². The molecule has 1 aliphatic heterocycles. The second-order valence-corrected chi connectivity index (χ2v) is 7.07. The van der Waals surface area contributed by atoms with Gasteiger partial charge in [0.05, 0.1) is 33.2 Å². The number of hydrogen-bond donors (Lipinski definition) is 3. The highest BCUT2D eigenvalue weighted by atomic mass is 16.5. The van der Waals surface area contributed by atoms with Crippen molar-refractivity contribution in [3.63, 3.8) is 0 Å². The Morgan fingerprint density at radius 1 is 1.06 bits per heavy atom. The van der Waals surface area contributed by atoms with Gasteiger partial charge in [0.2, 0.25) is 0 Å². The summed E-state index contributed by atoms with van der Waals surface area (Å²) in [4.78, 5) is 24.9. The van der Waals surface area contributed by atoms with Crippen molar-refractivity contribution in [2.45, 2.75) is 6.04 Å². The van der Waals surface area contributed by atoms with E-state index < -0.39 is 17.9 Å². The average molecular weight is 450 g/mol. The van der Waals surface area contributed by atoms with E-state index in [9.17, 15) is 14.7 Å². The molecule has 10 heteroatoms. The second-order valence-electron chi connectivity index (χ2n) is 7.07. The zero-order valence-electron chi connectivity index (χ0n) is 18.2. The summed E-state index contributed by atoms with van der Waals surface area (Å²) < 4.78 is 17.6. The summed E-state index contributed by atoms with van der Waals surface area (Å²) >= 11 is 0. The van der Waals surface area contributed by atoms with Crippen LogP contribution in [0.2, 0.25) is 0 Å². The summed E-state index contributed by atoms with van der Waals surface area (Å²) in [6.07, 6.45) is 2.88. The average Bonchev–Trinajstić information content (AvgIpc) is 3.27.